The third-order valence-corrected chi connectivity index (χ3v) is 11.5. The summed E-state index contributed by atoms with van der Waals surface area (Å²) in [6.07, 6.45) is 0. The van der Waals surface area contributed by atoms with Crippen molar-refractivity contribution in [3.05, 3.63) is 49.2 Å². The normalized spacial score (nSPS) is 18.3. The summed E-state index contributed by atoms with van der Waals surface area (Å²) in [6, 6.07) is 1.51. The van der Waals surface area contributed by atoms with Gasteiger partial charge in [0.2, 0.25) is 0 Å². The maximum Gasteiger partial charge on any atom is 1.00 e. The van der Waals surface area contributed by atoms with E-state index in [2.05, 4.69) is 31.4 Å². The predicted octanol–water partition coefficient (Wildman–Crippen LogP) is -1.98. The number of nitrogens with one attached hydrogen (secondary N) is 1. The molecular weight excluding hydrogens is 705 g/mol. The first-order valence-electron chi connectivity index (χ1n) is 11.3. The zero-order valence-electron chi connectivity index (χ0n) is 21.6. The van der Waals surface area contributed by atoms with Crippen LogP contribution in [0.2, 0.25) is 0 Å². The van der Waals surface area contributed by atoms with Crippen LogP contribution >= 0.6 is 62.1 Å². The molecule has 0 bridgehead atoms. The summed E-state index contributed by atoms with van der Waals surface area (Å²) >= 11 is 7.91. The number of oxime groups is 1. The molecule has 42 heavy (non-hydrogen) atoms. The fourth-order valence-corrected chi connectivity index (χ4v) is 9.03. The molecule has 13 nitrogen and oxygen atoms in total. The number of fused-ring (bicyclic) bond motifs is 2. The number of benzene rings is 1. The molecule has 5 rings (SSSR count). The molecule has 19 heteroatoms. The second kappa shape index (κ2) is 13.1. The number of thiazole rings is 1. The number of thioether (sulfide) groups is 2. The van der Waals surface area contributed by atoms with Crippen LogP contribution < -0.4 is 51.1 Å². The van der Waals surface area contributed by atoms with Crippen LogP contribution in [0.5, 0.6) is 11.5 Å². The van der Waals surface area contributed by atoms with Crippen LogP contribution in [0.15, 0.2) is 47.4 Å². The van der Waals surface area contributed by atoms with Crippen LogP contribution in [0, 0.1) is 0 Å². The van der Waals surface area contributed by atoms with Gasteiger partial charge in [0, 0.05) is 28.3 Å². The van der Waals surface area contributed by atoms with Gasteiger partial charge in [-0.05, 0) is 27.6 Å². The van der Waals surface area contributed by atoms with E-state index in [1.807, 2.05) is 0 Å². The average Bonchev–Trinajstić information content (AvgIpc) is 3.37. The van der Waals surface area contributed by atoms with Crippen molar-refractivity contribution in [2.75, 3.05) is 24.3 Å². The molecule has 4 heterocycles. The van der Waals surface area contributed by atoms with Crippen LogP contribution in [-0.2, 0) is 19.2 Å². The zero-order valence-corrected chi connectivity index (χ0v) is 28.4. The van der Waals surface area contributed by atoms with E-state index in [1.165, 1.54) is 59.5 Å². The number of rotatable bonds is 8. The number of aromatic nitrogens is 1. The van der Waals surface area contributed by atoms with Crippen molar-refractivity contribution < 1.29 is 64.1 Å². The van der Waals surface area contributed by atoms with Crippen molar-refractivity contribution in [2.45, 2.75) is 15.6 Å². The largest absolute Gasteiger partial charge is 1.00 e. The molecule has 0 spiro atoms. The monoisotopic (exact) mass is 721 g/mol. The van der Waals surface area contributed by atoms with E-state index >= 15 is 0 Å². The summed E-state index contributed by atoms with van der Waals surface area (Å²) in [6.45, 7) is 0. The summed E-state index contributed by atoms with van der Waals surface area (Å²) in [5.41, 5.74) is 5.34. The number of nitrogens with zero attached hydrogens (tertiary/aromatic N) is 3. The third-order valence-electron chi connectivity index (χ3n) is 5.97. The molecule has 2 aliphatic heterocycles. The van der Waals surface area contributed by atoms with Gasteiger partial charge in [-0.1, -0.05) is 5.16 Å². The van der Waals surface area contributed by atoms with Gasteiger partial charge in [0.1, 0.15) is 24.2 Å². The molecule has 2 atom stereocenters. The van der Waals surface area contributed by atoms with Crippen LogP contribution in [0.3, 0.4) is 0 Å². The maximum absolute atomic E-state index is 13.0. The van der Waals surface area contributed by atoms with E-state index in [0.29, 0.717) is 14.5 Å². The molecule has 3 aromatic rings. The maximum atomic E-state index is 13.0. The smallest absolute Gasteiger partial charge is 0.543 e. The Morgan fingerprint density at radius 1 is 1.36 bits per heavy atom. The summed E-state index contributed by atoms with van der Waals surface area (Å²) in [5, 5.41) is 39.5. The Balaban J connectivity index is 0.00000405. The van der Waals surface area contributed by atoms with Gasteiger partial charge in [0.15, 0.2) is 27.8 Å². The Labute approximate surface area is 283 Å². The average molecular weight is 723 g/mol. The minimum atomic E-state index is -1.54. The Morgan fingerprint density at radius 3 is 2.74 bits per heavy atom. The fourth-order valence-electron chi connectivity index (χ4n) is 4.12. The van der Waals surface area contributed by atoms with E-state index in [-0.39, 0.29) is 73.2 Å². The number of carbonyl (C=O) groups excluding carboxylic acids is 3. The number of phenols is 2. The van der Waals surface area contributed by atoms with Gasteiger partial charge < -0.3 is 36.0 Å². The zero-order chi connectivity index (χ0) is 29.6. The van der Waals surface area contributed by atoms with Gasteiger partial charge >= 0.3 is 29.6 Å². The van der Waals surface area contributed by atoms with Crippen molar-refractivity contribution in [1.29, 1.82) is 0 Å². The van der Waals surface area contributed by atoms with Crippen molar-refractivity contribution in [1.82, 2.24) is 15.2 Å². The number of nitrogen functional groups attached to an aromatic ring is 1. The van der Waals surface area contributed by atoms with Crippen molar-refractivity contribution in [3.8, 4) is 11.5 Å². The number of hydrogen-bond acceptors (Lipinski definition) is 15. The Kier molecular flexibility index (Phi) is 10.2. The topological polar surface area (TPSA) is 208 Å². The number of carbonyl (C=O) groups is 3. The van der Waals surface area contributed by atoms with E-state index < -0.39 is 46.1 Å². The first-order valence-corrected chi connectivity index (χ1v) is 15.9. The van der Waals surface area contributed by atoms with Crippen LogP contribution in [-0.4, -0.2) is 73.6 Å². The van der Waals surface area contributed by atoms with E-state index in [9.17, 15) is 34.5 Å². The fraction of sp³-hybridized carbons (Fsp3) is 0.217. The van der Waals surface area contributed by atoms with Crippen LogP contribution in [0.25, 0.3) is 10.1 Å². The molecule has 2 amide bonds. The SMILES string of the molecule is CO/N=C(\C(=O)N[C@@H]1C(=O)N2C(C(=O)[O-])=C(CSc3cc(=O)c4cc(O)c(O)c(Br)c4s3)CS[C@@H]12)c1csc(N)n1.[Na+]. The number of carboxylic acid groups (broad SMARTS) is 1. The number of amides is 2. The van der Waals surface area contributed by atoms with Crippen molar-refractivity contribution in [3.63, 3.8) is 0 Å². The molecule has 5 N–H and O–H groups in total. The number of β-lactam (4-membered cyclic amide) rings is 1. The predicted molar refractivity (Wildman–Crippen MR) is 157 cm³/mol. The Morgan fingerprint density at radius 2 is 2.10 bits per heavy atom. The number of nitrogens with two attached hydrogens (primary N) is 1. The molecule has 2 aliphatic rings. The molecule has 0 unspecified atom stereocenters. The van der Waals surface area contributed by atoms with Gasteiger partial charge in [-0.15, -0.1) is 46.2 Å². The first-order chi connectivity index (χ1) is 19.5. The molecule has 1 saturated heterocycles. The minimum absolute atomic E-state index is 0. The summed E-state index contributed by atoms with van der Waals surface area (Å²) < 4.78 is 1.10. The van der Waals surface area contributed by atoms with Crippen molar-refractivity contribution >= 4 is 101 Å². The molecular formula is C23H17BrN5NaO8S4. The van der Waals surface area contributed by atoms with Crippen LogP contribution in [0.1, 0.15) is 5.69 Å². The van der Waals surface area contributed by atoms with E-state index in [0.717, 1.165) is 16.2 Å². The number of aromatic hydroxyl groups is 2. The standard InChI is InChI=1S/C23H18BrN5O8S4.Na/c1-37-28-14(9-6-40-23(25)26-9)19(33)27-15-20(34)29-16(22(35)36)7(5-39-21(15)29)4-38-12-3-10(30)8-2-11(31)17(32)13(24)18(8)41-12;/h2-3,6,15,21,31-32H,4-5H2,1H3,(H2,25,26)(H,27,33)(H,35,36);/q;+1/p-1/b28-14-;/t15-,21+;/m1./s1. The quantitative estimate of drug-likeness (QED) is 0.0499. The molecule has 0 aliphatic carbocycles. The Hall–Kier alpha value is -2.32. The number of phenolic OH excluding ortho intramolecular Hbond substituents is 2. The van der Waals surface area contributed by atoms with Gasteiger partial charge in [0.05, 0.1) is 25.0 Å². The molecule has 1 aromatic carbocycles. The summed E-state index contributed by atoms with van der Waals surface area (Å²) in [5.74, 6) is -3.41. The molecule has 0 radical (unpaired) electrons. The molecule has 214 valence electrons. The second-order valence-corrected chi connectivity index (χ2v) is 13.6. The first kappa shape index (κ1) is 32.6. The van der Waals surface area contributed by atoms with Gasteiger partial charge in [0.25, 0.3) is 11.8 Å². The Bertz CT molecular complexity index is 1750. The third kappa shape index (κ3) is 6.03. The van der Waals surface area contributed by atoms with Gasteiger partial charge in [-0.25, -0.2) is 4.98 Å². The van der Waals surface area contributed by atoms with Gasteiger partial charge in [-0.2, -0.15) is 0 Å². The summed E-state index contributed by atoms with van der Waals surface area (Å²) in [7, 11) is 1.25. The summed E-state index contributed by atoms with van der Waals surface area (Å²) in [4.78, 5) is 60.6. The van der Waals surface area contributed by atoms with Gasteiger partial charge in [-0.3, -0.25) is 19.3 Å². The van der Waals surface area contributed by atoms with E-state index in [1.54, 1.807) is 0 Å². The van der Waals surface area contributed by atoms with E-state index in [4.69, 9.17) is 10.6 Å². The number of carboxylic acids is 1. The number of anilines is 1. The minimum Gasteiger partial charge on any atom is -0.543 e. The molecule has 0 saturated carbocycles. The van der Waals surface area contributed by atoms with Crippen molar-refractivity contribution in [2.24, 2.45) is 5.16 Å². The number of hydrogen-bond donors (Lipinski definition) is 4. The second-order valence-electron chi connectivity index (χ2n) is 8.45. The van der Waals surface area contributed by atoms with Crippen LogP contribution in [0.4, 0.5) is 5.13 Å². The molecule has 2 aromatic heterocycles. The number of aliphatic carboxylic acids is 1. The molecule has 1 fully saturated rings. The number of halogens is 1.